The summed E-state index contributed by atoms with van der Waals surface area (Å²) in [6.07, 6.45) is 5.09. The van der Waals surface area contributed by atoms with Crippen molar-refractivity contribution in [2.75, 3.05) is 5.32 Å². The number of pyridine rings is 1. The fourth-order valence-corrected chi connectivity index (χ4v) is 3.44. The van der Waals surface area contributed by atoms with Gasteiger partial charge in [-0.15, -0.1) is 0 Å². The number of amides is 1. The second kappa shape index (κ2) is 6.31. The largest absolute Gasteiger partial charge is 0.478 e. The van der Waals surface area contributed by atoms with Gasteiger partial charge in [0.2, 0.25) is 5.91 Å². The van der Waals surface area contributed by atoms with E-state index in [1.54, 1.807) is 29.1 Å². The van der Waals surface area contributed by atoms with Crippen LogP contribution in [-0.2, 0) is 4.79 Å². The first kappa shape index (κ1) is 16.4. The van der Waals surface area contributed by atoms with E-state index in [0.717, 1.165) is 16.9 Å². The SMILES string of the molecule is O=C1CC(c2ccncc2)c2c(c(C(=O)O)cn2-c2ccc(Cl)cc2)N1. The number of aromatic carboxylic acids is 1. The molecule has 0 saturated carbocycles. The zero-order chi connectivity index (χ0) is 18.3. The molecule has 4 rings (SSSR count). The molecule has 3 aromatic rings. The molecule has 1 amide bonds. The van der Waals surface area contributed by atoms with Crippen molar-refractivity contribution < 1.29 is 14.7 Å². The molecule has 1 aliphatic heterocycles. The minimum absolute atomic E-state index is 0.0575. The van der Waals surface area contributed by atoms with Crippen molar-refractivity contribution >= 4 is 29.2 Å². The number of halogens is 1. The Morgan fingerprint density at radius 2 is 1.88 bits per heavy atom. The van der Waals surface area contributed by atoms with Crippen molar-refractivity contribution in [2.24, 2.45) is 0 Å². The topological polar surface area (TPSA) is 84.2 Å². The lowest BCUT2D eigenvalue weighted by atomic mass is 9.89. The normalized spacial score (nSPS) is 16.0. The summed E-state index contributed by atoms with van der Waals surface area (Å²) in [6, 6.07) is 10.8. The number of rotatable bonds is 3. The lowest BCUT2D eigenvalue weighted by molar-refractivity contribution is -0.116. The number of carboxylic acids is 1. The maximum atomic E-state index is 12.2. The average Bonchev–Trinajstić information content (AvgIpc) is 3.02. The Kier molecular flexibility index (Phi) is 3.97. The van der Waals surface area contributed by atoms with Crippen LogP contribution in [0.1, 0.15) is 34.0 Å². The van der Waals surface area contributed by atoms with Crippen LogP contribution in [0, 0.1) is 0 Å². The van der Waals surface area contributed by atoms with Crippen LogP contribution in [0.15, 0.2) is 55.0 Å². The predicted octanol–water partition coefficient (Wildman–Crippen LogP) is 3.70. The van der Waals surface area contributed by atoms with Gasteiger partial charge < -0.3 is 15.0 Å². The molecule has 1 aromatic carbocycles. The number of hydrogen-bond acceptors (Lipinski definition) is 3. The van der Waals surface area contributed by atoms with Gasteiger partial charge in [-0.3, -0.25) is 9.78 Å². The Morgan fingerprint density at radius 1 is 1.19 bits per heavy atom. The third kappa shape index (κ3) is 2.74. The molecule has 1 atom stereocenters. The van der Waals surface area contributed by atoms with Gasteiger partial charge in [-0.05, 0) is 42.0 Å². The summed E-state index contributed by atoms with van der Waals surface area (Å²) in [5, 5.41) is 12.9. The van der Waals surface area contributed by atoms with Gasteiger partial charge in [-0.1, -0.05) is 11.6 Å². The van der Waals surface area contributed by atoms with E-state index in [1.165, 1.54) is 6.20 Å². The fourth-order valence-electron chi connectivity index (χ4n) is 3.32. The molecule has 3 heterocycles. The number of carbonyl (C=O) groups excluding carboxylic acids is 1. The molecule has 26 heavy (non-hydrogen) atoms. The molecule has 0 bridgehead atoms. The number of hydrogen-bond donors (Lipinski definition) is 2. The number of nitrogens with zero attached hydrogens (tertiary/aromatic N) is 2. The second-order valence-electron chi connectivity index (χ2n) is 6.04. The Labute approximate surface area is 154 Å². The van der Waals surface area contributed by atoms with Gasteiger partial charge in [-0.25, -0.2) is 4.79 Å². The number of aromatic nitrogens is 2. The molecule has 0 saturated heterocycles. The molecule has 0 radical (unpaired) electrons. The molecule has 1 unspecified atom stereocenters. The smallest absolute Gasteiger partial charge is 0.339 e. The molecule has 1 aliphatic rings. The summed E-state index contributed by atoms with van der Waals surface area (Å²) in [7, 11) is 0. The van der Waals surface area contributed by atoms with Crippen LogP contribution in [0.2, 0.25) is 5.02 Å². The van der Waals surface area contributed by atoms with Crippen molar-refractivity contribution in [3.63, 3.8) is 0 Å². The van der Waals surface area contributed by atoms with Gasteiger partial charge in [-0.2, -0.15) is 0 Å². The molecule has 0 spiro atoms. The van der Waals surface area contributed by atoms with Crippen molar-refractivity contribution in [1.29, 1.82) is 0 Å². The van der Waals surface area contributed by atoms with Crippen LogP contribution in [0.3, 0.4) is 0 Å². The predicted molar refractivity (Wildman–Crippen MR) is 97.1 cm³/mol. The maximum Gasteiger partial charge on any atom is 0.339 e. The first-order valence-corrected chi connectivity index (χ1v) is 8.36. The maximum absolute atomic E-state index is 12.2. The van der Waals surface area contributed by atoms with Crippen molar-refractivity contribution in [3.8, 4) is 5.69 Å². The van der Waals surface area contributed by atoms with E-state index in [2.05, 4.69) is 10.3 Å². The van der Waals surface area contributed by atoms with Crippen LogP contribution in [0.25, 0.3) is 5.69 Å². The fraction of sp³-hybridized carbons (Fsp3) is 0.105. The van der Waals surface area contributed by atoms with E-state index >= 15 is 0 Å². The van der Waals surface area contributed by atoms with Gasteiger partial charge in [0.15, 0.2) is 0 Å². The molecule has 7 heteroatoms. The third-order valence-electron chi connectivity index (χ3n) is 4.47. The zero-order valence-corrected chi connectivity index (χ0v) is 14.3. The summed E-state index contributed by atoms with van der Waals surface area (Å²) >= 11 is 5.97. The van der Waals surface area contributed by atoms with E-state index in [9.17, 15) is 14.7 Å². The Morgan fingerprint density at radius 3 is 2.54 bits per heavy atom. The van der Waals surface area contributed by atoms with Crippen molar-refractivity contribution in [2.45, 2.75) is 12.3 Å². The molecule has 0 aliphatic carbocycles. The highest BCUT2D eigenvalue weighted by molar-refractivity contribution is 6.30. The minimum atomic E-state index is -1.09. The summed E-state index contributed by atoms with van der Waals surface area (Å²) in [6.45, 7) is 0. The Balaban J connectivity index is 1.97. The van der Waals surface area contributed by atoms with Gasteiger partial charge in [0.05, 0.1) is 11.4 Å². The first-order chi connectivity index (χ1) is 12.5. The summed E-state index contributed by atoms with van der Waals surface area (Å²) in [5.41, 5.74) is 2.80. The molecular weight excluding hydrogens is 354 g/mol. The number of carboxylic acid groups (broad SMARTS) is 1. The van der Waals surface area contributed by atoms with Crippen LogP contribution in [0.5, 0.6) is 0 Å². The number of fused-ring (bicyclic) bond motifs is 1. The van der Waals surface area contributed by atoms with Crippen LogP contribution >= 0.6 is 11.6 Å². The highest BCUT2D eigenvalue weighted by Gasteiger charge is 2.34. The van der Waals surface area contributed by atoms with E-state index < -0.39 is 5.97 Å². The van der Waals surface area contributed by atoms with E-state index in [1.807, 2.05) is 24.3 Å². The lowest BCUT2D eigenvalue weighted by Gasteiger charge is -2.26. The quantitative estimate of drug-likeness (QED) is 0.739. The summed E-state index contributed by atoms with van der Waals surface area (Å²) < 4.78 is 1.81. The van der Waals surface area contributed by atoms with Gasteiger partial charge >= 0.3 is 5.97 Å². The van der Waals surface area contributed by atoms with Crippen molar-refractivity contribution in [3.05, 3.63) is 76.8 Å². The van der Waals surface area contributed by atoms with E-state index in [4.69, 9.17) is 11.6 Å². The van der Waals surface area contributed by atoms with Gasteiger partial charge in [0.1, 0.15) is 5.56 Å². The summed E-state index contributed by atoms with van der Waals surface area (Å²) in [4.78, 5) is 28.0. The van der Waals surface area contributed by atoms with Crippen LogP contribution in [-0.4, -0.2) is 26.5 Å². The first-order valence-electron chi connectivity index (χ1n) is 7.99. The molecule has 0 fully saturated rings. The Bertz CT molecular complexity index is 997. The highest BCUT2D eigenvalue weighted by Crippen LogP contribution is 2.41. The average molecular weight is 368 g/mol. The van der Waals surface area contributed by atoms with Gasteiger partial charge in [0, 0.05) is 41.6 Å². The minimum Gasteiger partial charge on any atom is -0.478 e. The molecule has 2 N–H and O–H groups in total. The molecule has 130 valence electrons. The summed E-state index contributed by atoms with van der Waals surface area (Å²) in [5.74, 6) is -1.58. The number of nitrogens with one attached hydrogen (secondary N) is 1. The zero-order valence-electron chi connectivity index (χ0n) is 13.5. The number of anilines is 1. The number of benzene rings is 1. The Hall–Kier alpha value is -3.12. The lowest BCUT2D eigenvalue weighted by Crippen LogP contribution is -2.25. The van der Waals surface area contributed by atoms with Crippen molar-refractivity contribution in [1.82, 2.24) is 9.55 Å². The molecular formula is C19H14ClN3O3. The van der Waals surface area contributed by atoms with E-state index in [0.29, 0.717) is 10.7 Å². The second-order valence-corrected chi connectivity index (χ2v) is 6.48. The standard InChI is InChI=1S/C19H14ClN3O3/c20-12-1-3-13(4-2-12)23-10-15(19(25)26)17-18(23)14(9-16(24)22-17)11-5-7-21-8-6-11/h1-8,10,14H,9H2,(H,22,24)(H,25,26). The van der Waals surface area contributed by atoms with Gasteiger partial charge in [0.25, 0.3) is 0 Å². The number of carbonyl (C=O) groups is 2. The van der Waals surface area contributed by atoms with E-state index in [-0.39, 0.29) is 23.8 Å². The van der Waals surface area contributed by atoms with Crippen LogP contribution in [0.4, 0.5) is 5.69 Å². The molecule has 6 nitrogen and oxygen atoms in total. The monoisotopic (exact) mass is 367 g/mol. The highest BCUT2D eigenvalue weighted by atomic mass is 35.5. The third-order valence-corrected chi connectivity index (χ3v) is 4.72. The molecule has 2 aromatic heterocycles. The van der Waals surface area contributed by atoms with Crippen LogP contribution < -0.4 is 5.32 Å².